The van der Waals surface area contributed by atoms with E-state index in [0.717, 1.165) is 6.07 Å². The smallest absolute Gasteiger partial charge is 0.353 e. The lowest BCUT2D eigenvalue weighted by Gasteiger charge is -2.13. The molecule has 1 aromatic rings. The summed E-state index contributed by atoms with van der Waals surface area (Å²) in [5, 5.41) is 5.36. The van der Waals surface area contributed by atoms with E-state index in [2.05, 4.69) is 10.6 Å². The highest BCUT2D eigenvalue weighted by molar-refractivity contribution is 5.78. The number of rotatable bonds is 5. The van der Waals surface area contributed by atoms with Crippen LogP contribution in [0.25, 0.3) is 0 Å². The Labute approximate surface area is 110 Å². The largest absolute Gasteiger partial charge is 0.416 e. The number of halogens is 3. The molecule has 0 heterocycles. The standard InChI is InChI=1S/C13H17F3N2O/c1-9(2)18-12(19)8-17-7-10-5-3-4-6-11(10)13(14,15)16/h3-6,9,17H,7-8H2,1-2H3,(H,18,19). The molecule has 19 heavy (non-hydrogen) atoms. The van der Waals surface area contributed by atoms with E-state index in [4.69, 9.17) is 0 Å². The van der Waals surface area contributed by atoms with Gasteiger partial charge in [0.15, 0.2) is 0 Å². The normalized spacial score (nSPS) is 11.7. The Morgan fingerprint density at radius 1 is 1.26 bits per heavy atom. The van der Waals surface area contributed by atoms with Gasteiger partial charge < -0.3 is 10.6 Å². The highest BCUT2D eigenvalue weighted by Crippen LogP contribution is 2.31. The summed E-state index contributed by atoms with van der Waals surface area (Å²) in [7, 11) is 0. The minimum atomic E-state index is -4.38. The summed E-state index contributed by atoms with van der Waals surface area (Å²) in [5.74, 6) is -0.237. The van der Waals surface area contributed by atoms with Gasteiger partial charge in [-0.2, -0.15) is 13.2 Å². The maximum absolute atomic E-state index is 12.7. The lowest BCUT2D eigenvalue weighted by Crippen LogP contribution is -2.37. The van der Waals surface area contributed by atoms with Gasteiger partial charge in [0.1, 0.15) is 0 Å². The quantitative estimate of drug-likeness (QED) is 0.865. The Bertz CT molecular complexity index is 430. The molecule has 2 N–H and O–H groups in total. The van der Waals surface area contributed by atoms with Crippen molar-refractivity contribution in [2.45, 2.75) is 32.6 Å². The van der Waals surface area contributed by atoms with Crippen molar-refractivity contribution < 1.29 is 18.0 Å². The maximum Gasteiger partial charge on any atom is 0.416 e. The molecule has 106 valence electrons. The van der Waals surface area contributed by atoms with Gasteiger partial charge in [-0.3, -0.25) is 4.79 Å². The fraction of sp³-hybridized carbons (Fsp3) is 0.462. The second-order valence-corrected chi connectivity index (χ2v) is 4.48. The van der Waals surface area contributed by atoms with Crippen molar-refractivity contribution in [2.75, 3.05) is 6.54 Å². The van der Waals surface area contributed by atoms with Crippen LogP contribution in [0.2, 0.25) is 0 Å². The van der Waals surface area contributed by atoms with Gasteiger partial charge in [-0.05, 0) is 25.5 Å². The molecular formula is C13H17F3N2O. The average molecular weight is 274 g/mol. The van der Waals surface area contributed by atoms with E-state index in [1.165, 1.54) is 12.1 Å². The first-order chi connectivity index (χ1) is 8.80. The summed E-state index contributed by atoms with van der Waals surface area (Å²) < 4.78 is 38.1. The van der Waals surface area contributed by atoms with Crippen LogP contribution in [-0.4, -0.2) is 18.5 Å². The van der Waals surface area contributed by atoms with Gasteiger partial charge in [-0.15, -0.1) is 0 Å². The van der Waals surface area contributed by atoms with E-state index in [0.29, 0.717) is 0 Å². The van der Waals surface area contributed by atoms with E-state index >= 15 is 0 Å². The van der Waals surface area contributed by atoms with Crippen LogP contribution in [0.15, 0.2) is 24.3 Å². The number of nitrogens with one attached hydrogen (secondary N) is 2. The molecular weight excluding hydrogens is 257 g/mol. The van der Waals surface area contributed by atoms with Gasteiger partial charge in [0, 0.05) is 12.6 Å². The Balaban J connectivity index is 2.57. The minimum absolute atomic E-state index is 0.00119. The minimum Gasteiger partial charge on any atom is -0.353 e. The number of hydrogen-bond acceptors (Lipinski definition) is 2. The van der Waals surface area contributed by atoms with E-state index in [9.17, 15) is 18.0 Å². The molecule has 0 saturated heterocycles. The van der Waals surface area contributed by atoms with Crippen molar-refractivity contribution in [3.8, 4) is 0 Å². The molecule has 1 amide bonds. The molecule has 6 heteroatoms. The van der Waals surface area contributed by atoms with Crippen molar-refractivity contribution in [2.24, 2.45) is 0 Å². The molecule has 1 rings (SSSR count). The number of carbonyl (C=O) groups is 1. The van der Waals surface area contributed by atoms with E-state index in [-0.39, 0.29) is 30.6 Å². The van der Waals surface area contributed by atoms with Crippen LogP contribution >= 0.6 is 0 Å². The first-order valence-corrected chi connectivity index (χ1v) is 5.96. The molecule has 0 bridgehead atoms. The van der Waals surface area contributed by atoms with Crippen molar-refractivity contribution in [1.82, 2.24) is 10.6 Å². The molecule has 0 aliphatic carbocycles. The predicted octanol–water partition coefficient (Wildman–Crippen LogP) is 2.32. The molecule has 0 saturated carbocycles. The number of alkyl halides is 3. The topological polar surface area (TPSA) is 41.1 Å². The Kier molecular flexibility index (Phi) is 5.35. The van der Waals surface area contributed by atoms with Gasteiger partial charge in [0.05, 0.1) is 12.1 Å². The summed E-state index contributed by atoms with van der Waals surface area (Å²) in [6.07, 6.45) is -4.38. The van der Waals surface area contributed by atoms with Crippen LogP contribution in [0.5, 0.6) is 0 Å². The zero-order chi connectivity index (χ0) is 14.5. The molecule has 0 spiro atoms. The van der Waals surface area contributed by atoms with Crippen molar-refractivity contribution in [1.29, 1.82) is 0 Å². The van der Waals surface area contributed by atoms with Crippen LogP contribution in [0.3, 0.4) is 0 Å². The molecule has 0 fully saturated rings. The third-order valence-corrected chi connectivity index (χ3v) is 2.37. The zero-order valence-electron chi connectivity index (χ0n) is 10.8. The fourth-order valence-electron chi connectivity index (χ4n) is 1.63. The Hall–Kier alpha value is -1.56. The number of carbonyl (C=O) groups excluding carboxylic acids is 1. The van der Waals surface area contributed by atoms with Crippen LogP contribution in [-0.2, 0) is 17.5 Å². The lowest BCUT2D eigenvalue weighted by molar-refractivity contribution is -0.138. The third-order valence-electron chi connectivity index (χ3n) is 2.37. The zero-order valence-corrected chi connectivity index (χ0v) is 10.8. The number of benzene rings is 1. The van der Waals surface area contributed by atoms with Crippen LogP contribution in [0, 0.1) is 0 Å². The van der Waals surface area contributed by atoms with E-state index in [1.807, 2.05) is 13.8 Å². The number of amides is 1. The molecule has 0 aliphatic heterocycles. The summed E-state index contributed by atoms with van der Waals surface area (Å²) in [5.41, 5.74) is -0.542. The second kappa shape index (κ2) is 6.56. The fourth-order valence-corrected chi connectivity index (χ4v) is 1.63. The first-order valence-electron chi connectivity index (χ1n) is 5.96. The predicted molar refractivity (Wildman–Crippen MR) is 66.4 cm³/mol. The second-order valence-electron chi connectivity index (χ2n) is 4.48. The maximum atomic E-state index is 12.7. The summed E-state index contributed by atoms with van der Waals surface area (Å²) in [6.45, 7) is 3.62. The van der Waals surface area contributed by atoms with Crippen molar-refractivity contribution in [3.05, 3.63) is 35.4 Å². The van der Waals surface area contributed by atoms with Gasteiger partial charge in [0.25, 0.3) is 0 Å². The van der Waals surface area contributed by atoms with Gasteiger partial charge in [0.2, 0.25) is 5.91 Å². The van der Waals surface area contributed by atoms with Crippen molar-refractivity contribution >= 4 is 5.91 Å². The van der Waals surface area contributed by atoms with Gasteiger partial charge in [-0.1, -0.05) is 18.2 Å². The van der Waals surface area contributed by atoms with Crippen LogP contribution < -0.4 is 10.6 Å². The molecule has 3 nitrogen and oxygen atoms in total. The molecule has 1 aromatic carbocycles. The SMILES string of the molecule is CC(C)NC(=O)CNCc1ccccc1C(F)(F)F. The summed E-state index contributed by atoms with van der Waals surface area (Å²) in [6, 6.07) is 5.33. The molecule has 0 aliphatic rings. The first kappa shape index (κ1) is 15.5. The molecule has 0 atom stereocenters. The molecule has 0 aromatic heterocycles. The third kappa shape index (κ3) is 5.30. The van der Waals surface area contributed by atoms with E-state index < -0.39 is 11.7 Å². The summed E-state index contributed by atoms with van der Waals surface area (Å²) in [4.78, 5) is 11.3. The van der Waals surface area contributed by atoms with Gasteiger partial charge in [-0.25, -0.2) is 0 Å². The Morgan fingerprint density at radius 2 is 1.89 bits per heavy atom. The lowest BCUT2D eigenvalue weighted by atomic mass is 10.1. The monoisotopic (exact) mass is 274 g/mol. The van der Waals surface area contributed by atoms with Crippen LogP contribution in [0.1, 0.15) is 25.0 Å². The number of hydrogen-bond donors (Lipinski definition) is 2. The van der Waals surface area contributed by atoms with Gasteiger partial charge >= 0.3 is 6.18 Å². The van der Waals surface area contributed by atoms with Crippen LogP contribution in [0.4, 0.5) is 13.2 Å². The van der Waals surface area contributed by atoms with E-state index in [1.54, 1.807) is 6.07 Å². The average Bonchev–Trinajstić information content (AvgIpc) is 2.27. The highest BCUT2D eigenvalue weighted by Gasteiger charge is 2.32. The molecule has 0 unspecified atom stereocenters. The Morgan fingerprint density at radius 3 is 2.47 bits per heavy atom. The highest BCUT2D eigenvalue weighted by atomic mass is 19.4. The molecule has 0 radical (unpaired) electrons. The van der Waals surface area contributed by atoms with Crippen molar-refractivity contribution in [3.63, 3.8) is 0 Å². The summed E-state index contributed by atoms with van der Waals surface area (Å²) >= 11 is 0.